The zero-order valence-corrected chi connectivity index (χ0v) is 15.3. The zero-order valence-electron chi connectivity index (χ0n) is 15.3. The highest BCUT2D eigenvalue weighted by molar-refractivity contribution is 6.04. The third-order valence-electron chi connectivity index (χ3n) is 4.15. The van der Waals surface area contributed by atoms with Crippen molar-refractivity contribution >= 4 is 11.8 Å². The van der Waals surface area contributed by atoms with Gasteiger partial charge in [0.1, 0.15) is 0 Å². The molecule has 0 aliphatic rings. The third kappa shape index (κ3) is 3.90. The van der Waals surface area contributed by atoms with E-state index in [0.29, 0.717) is 26.2 Å². The summed E-state index contributed by atoms with van der Waals surface area (Å²) in [4.78, 5) is 33.2. The summed E-state index contributed by atoms with van der Waals surface area (Å²) in [5, 5.41) is 0. The van der Waals surface area contributed by atoms with Crippen LogP contribution in [0.4, 0.5) is 0 Å². The molecule has 1 heterocycles. The zero-order chi connectivity index (χ0) is 18.4. The summed E-state index contributed by atoms with van der Waals surface area (Å²) in [7, 11) is 0. The van der Waals surface area contributed by atoms with Crippen LogP contribution in [0.25, 0.3) is 11.5 Å². The predicted molar refractivity (Wildman–Crippen MR) is 96.4 cm³/mol. The first-order valence-electron chi connectivity index (χ1n) is 8.71. The number of nitrogens with zero attached hydrogens (tertiary/aromatic N) is 3. The fourth-order valence-electron chi connectivity index (χ4n) is 2.63. The fraction of sp³-hybridized carbons (Fsp3) is 0.421. The van der Waals surface area contributed by atoms with Crippen LogP contribution in [0.5, 0.6) is 0 Å². The van der Waals surface area contributed by atoms with Crippen molar-refractivity contribution in [2.45, 2.75) is 27.7 Å². The van der Waals surface area contributed by atoms with Crippen LogP contribution in [-0.4, -0.2) is 52.8 Å². The van der Waals surface area contributed by atoms with Gasteiger partial charge in [-0.25, -0.2) is 4.98 Å². The lowest BCUT2D eigenvalue weighted by Crippen LogP contribution is -2.35. The summed E-state index contributed by atoms with van der Waals surface area (Å²) >= 11 is 0. The first-order valence-corrected chi connectivity index (χ1v) is 8.71. The van der Waals surface area contributed by atoms with Gasteiger partial charge in [-0.15, -0.1) is 0 Å². The molecule has 2 aromatic rings. The highest BCUT2D eigenvalue weighted by Crippen LogP contribution is 2.24. The first-order chi connectivity index (χ1) is 12.1. The van der Waals surface area contributed by atoms with Crippen molar-refractivity contribution in [3.8, 4) is 11.5 Å². The minimum atomic E-state index is -0.310. The van der Waals surface area contributed by atoms with Gasteiger partial charge in [0, 0.05) is 31.7 Å². The van der Waals surface area contributed by atoms with Crippen LogP contribution in [0.3, 0.4) is 0 Å². The Morgan fingerprint density at radius 1 is 0.880 bits per heavy atom. The van der Waals surface area contributed by atoms with E-state index in [1.165, 1.54) is 0 Å². The van der Waals surface area contributed by atoms with E-state index in [4.69, 9.17) is 4.42 Å². The molecule has 0 fully saturated rings. The Bertz CT molecular complexity index is 675. The molecule has 0 radical (unpaired) electrons. The van der Waals surface area contributed by atoms with Crippen LogP contribution < -0.4 is 0 Å². The number of hydrogen-bond donors (Lipinski definition) is 0. The Balaban J connectivity index is 2.53. The summed E-state index contributed by atoms with van der Waals surface area (Å²) < 4.78 is 5.76. The summed E-state index contributed by atoms with van der Waals surface area (Å²) in [6, 6.07) is 9.28. The van der Waals surface area contributed by atoms with Crippen molar-refractivity contribution in [1.29, 1.82) is 0 Å². The van der Waals surface area contributed by atoms with Crippen molar-refractivity contribution < 1.29 is 14.0 Å². The molecule has 0 N–H and O–H groups in total. The fourth-order valence-corrected chi connectivity index (χ4v) is 2.63. The molecule has 2 rings (SSSR count). The summed E-state index contributed by atoms with van der Waals surface area (Å²) in [5.74, 6) is -0.298. The van der Waals surface area contributed by atoms with Crippen LogP contribution >= 0.6 is 0 Å². The molecule has 0 saturated carbocycles. The monoisotopic (exact) mass is 343 g/mol. The Morgan fingerprint density at radius 2 is 1.40 bits per heavy atom. The van der Waals surface area contributed by atoms with Crippen LogP contribution in [0, 0.1) is 0 Å². The largest absolute Gasteiger partial charge is 0.430 e. The van der Waals surface area contributed by atoms with E-state index in [1.807, 2.05) is 58.0 Å². The van der Waals surface area contributed by atoms with Crippen LogP contribution in [0.2, 0.25) is 0 Å². The first kappa shape index (κ1) is 18.7. The molecule has 0 aliphatic carbocycles. The molecular weight excluding hydrogens is 318 g/mol. The molecule has 0 atom stereocenters. The second kappa shape index (κ2) is 8.46. The molecule has 2 amide bonds. The van der Waals surface area contributed by atoms with Crippen molar-refractivity contribution in [3.63, 3.8) is 0 Å². The van der Waals surface area contributed by atoms with Gasteiger partial charge < -0.3 is 14.2 Å². The maximum Gasteiger partial charge on any atom is 0.292 e. The molecule has 0 aliphatic heterocycles. The van der Waals surface area contributed by atoms with Gasteiger partial charge in [0.25, 0.3) is 11.8 Å². The maximum atomic E-state index is 12.8. The van der Waals surface area contributed by atoms with E-state index in [1.54, 1.807) is 9.80 Å². The smallest absolute Gasteiger partial charge is 0.292 e. The minimum absolute atomic E-state index is 0.0134. The lowest BCUT2D eigenvalue weighted by molar-refractivity contribution is 0.0708. The lowest BCUT2D eigenvalue weighted by atomic mass is 10.2. The Labute approximate surface area is 148 Å². The van der Waals surface area contributed by atoms with Crippen molar-refractivity contribution in [3.05, 3.63) is 41.8 Å². The van der Waals surface area contributed by atoms with Gasteiger partial charge >= 0.3 is 0 Å². The Hall–Kier alpha value is -2.63. The van der Waals surface area contributed by atoms with Crippen LogP contribution in [0.15, 0.2) is 34.7 Å². The van der Waals surface area contributed by atoms with Gasteiger partial charge in [0.2, 0.25) is 11.7 Å². The number of amides is 2. The quantitative estimate of drug-likeness (QED) is 0.773. The van der Waals surface area contributed by atoms with Gasteiger partial charge in [0.15, 0.2) is 5.69 Å². The summed E-state index contributed by atoms with van der Waals surface area (Å²) in [5.41, 5.74) is 0.814. The number of aromatic nitrogens is 1. The van der Waals surface area contributed by atoms with Gasteiger partial charge in [-0.1, -0.05) is 18.2 Å². The average molecular weight is 343 g/mol. The molecule has 0 bridgehead atoms. The van der Waals surface area contributed by atoms with Crippen molar-refractivity contribution in [2.75, 3.05) is 26.2 Å². The van der Waals surface area contributed by atoms with Gasteiger partial charge in [-0.05, 0) is 39.8 Å². The predicted octanol–water partition coefficient (Wildman–Crippen LogP) is 3.31. The number of hydrogen-bond acceptors (Lipinski definition) is 4. The number of benzene rings is 1. The molecule has 0 spiro atoms. The topological polar surface area (TPSA) is 66.7 Å². The van der Waals surface area contributed by atoms with E-state index in [9.17, 15) is 9.59 Å². The molecule has 1 aromatic carbocycles. The Kier molecular flexibility index (Phi) is 6.33. The second-order valence-electron chi connectivity index (χ2n) is 5.52. The lowest BCUT2D eigenvalue weighted by Gasteiger charge is -2.19. The molecule has 134 valence electrons. The summed E-state index contributed by atoms with van der Waals surface area (Å²) in [6.45, 7) is 9.73. The number of rotatable bonds is 7. The molecular formula is C19H25N3O3. The van der Waals surface area contributed by atoms with Crippen molar-refractivity contribution in [2.24, 2.45) is 0 Å². The Morgan fingerprint density at radius 3 is 1.92 bits per heavy atom. The molecule has 25 heavy (non-hydrogen) atoms. The SMILES string of the molecule is CCN(CC)C(=O)c1nc(-c2ccccc2)oc1C(=O)N(CC)CC. The second-order valence-corrected chi connectivity index (χ2v) is 5.52. The van der Waals surface area contributed by atoms with E-state index in [-0.39, 0.29) is 29.2 Å². The average Bonchev–Trinajstić information content (AvgIpc) is 3.09. The van der Waals surface area contributed by atoms with Crippen LogP contribution in [0.1, 0.15) is 48.7 Å². The van der Waals surface area contributed by atoms with Crippen LogP contribution in [-0.2, 0) is 0 Å². The van der Waals surface area contributed by atoms with Gasteiger partial charge in [-0.3, -0.25) is 9.59 Å². The number of carbonyl (C=O) groups excluding carboxylic acids is 2. The number of carbonyl (C=O) groups is 2. The molecule has 0 unspecified atom stereocenters. The van der Waals surface area contributed by atoms with E-state index in [2.05, 4.69) is 4.98 Å². The normalized spacial score (nSPS) is 10.6. The van der Waals surface area contributed by atoms with E-state index >= 15 is 0 Å². The van der Waals surface area contributed by atoms with Gasteiger partial charge in [0.05, 0.1) is 0 Å². The molecule has 1 aromatic heterocycles. The highest BCUT2D eigenvalue weighted by atomic mass is 16.4. The van der Waals surface area contributed by atoms with E-state index < -0.39 is 0 Å². The minimum Gasteiger partial charge on any atom is -0.430 e. The van der Waals surface area contributed by atoms with E-state index in [0.717, 1.165) is 5.56 Å². The molecule has 0 saturated heterocycles. The number of oxazole rings is 1. The molecule has 6 heteroatoms. The standard InChI is InChI=1S/C19H25N3O3/c1-5-21(6-2)18(23)15-16(19(24)22(7-3)8-4)25-17(20-15)14-12-10-9-11-13-14/h9-13H,5-8H2,1-4H3. The summed E-state index contributed by atoms with van der Waals surface area (Å²) in [6.07, 6.45) is 0. The third-order valence-corrected chi connectivity index (χ3v) is 4.15. The maximum absolute atomic E-state index is 12.8. The van der Waals surface area contributed by atoms with Gasteiger partial charge in [-0.2, -0.15) is 0 Å². The highest BCUT2D eigenvalue weighted by Gasteiger charge is 2.30. The molecule has 6 nitrogen and oxygen atoms in total. The van der Waals surface area contributed by atoms with Crippen molar-refractivity contribution in [1.82, 2.24) is 14.8 Å².